The topological polar surface area (TPSA) is 0 Å². The highest BCUT2D eigenvalue weighted by Crippen LogP contribution is 2.44. The zero-order chi connectivity index (χ0) is 24.3. The monoisotopic (exact) mass is 486 g/mol. The van der Waals surface area contributed by atoms with E-state index in [4.69, 9.17) is 0 Å². The van der Waals surface area contributed by atoms with Gasteiger partial charge in [-0.15, -0.1) is 11.3 Å². The van der Waals surface area contributed by atoms with E-state index in [9.17, 15) is 0 Å². The van der Waals surface area contributed by atoms with Gasteiger partial charge in [0.1, 0.15) is 0 Å². The van der Waals surface area contributed by atoms with Gasteiger partial charge in [0.25, 0.3) is 0 Å². The first kappa shape index (κ1) is 20.7. The van der Waals surface area contributed by atoms with Crippen LogP contribution in [-0.2, 0) is 0 Å². The van der Waals surface area contributed by atoms with E-state index in [0.717, 1.165) is 0 Å². The Morgan fingerprint density at radius 3 is 1.57 bits per heavy atom. The van der Waals surface area contributed by atoms with E-state index in [1.807, 2.05) is 11.3 Å². The van der Waals surface area contributed by atoms with Crippen LogP contribution in [0.4, 0.5) is 0 Å². The number of hydrogen-bond donors (Lipinski definition) is 0. The Morgan fingerprint density at radius 2 is 0.838 bits per heavy atom. The minimum Gasteiger partial charge on any atom is -0.135 e. The van der Waals surface area contributed by atoms with Crippen LogP contribution < -0.4 is 0 Å². The molecule has 0 N–H and O–H groups in total. The summed E-state index contributed by atoms with van der Waals surface area (Å²) in [6.07, 6.45) is 0. The Hall–Kier alpha value is -4.46. The van der Waals surface area contributed by atoms with E-state index >= 15 is 0 Å². The number of hydrogen-bond acceptors (Lipinski definition) is 1. The lowest BCUT2D eigenvalue weighted by molar-refractivity contribution is 1.63. The predicted molar refractivity (Wildman–Crippen MR) is 163 cm³/mol. The fourth-order valence-electron chi connectivity index (χ4n) is 6.04. The third-order valence-electron chi connectivity index (χ3n) is 7.67. The molecule has 1 aromatic heterocycles. The molecular formula is C36H22S. The molecule has 0 fully saturated rings. The van der Waals surface area contributed by atoms with Gasteiger partial charge >= 0.3 is 0 Å². The second-order valence-electron chi connectivity index (χ2n) is 9.67. The van der Waals surface area contributed by atoms with Gasteiger partial charge in [0, 0.05) is 20.2 Å². The quantitative estimate of drug-likeness (QED) is 0.213. The first-order valence-electron chi connectivity index (χ1n) is 12.7. The van der Waals surface area contributed by atoms with Crippen LogP contribution >= 0.6 is 11.3 Å². The predicted octanol–water partition coefficient (Wildman–Crippen LogP) is 10.8. The second kappa shape index (κ2) is 8.03. The minimum atomic E-state index is 1.25. The maximum Gasteiger partial charge on any atom is 0.0361 e. The summed E-state index contributed by atoms with van der Waals surface area (Å²) >= 11 is 1.88. The van der Waals surface area contributed by atoms with Gasteiger partial charge < -0.3 is 0 Å². The summed E-state index contributed by atoms with van der Waals surface area (Å²) < 4.78 is 2.68. The van der Waals surface area contributed by atoms with E-state index in [0.29, 0.717) is 0 Å². The number of thiophene rings is 1. The van der Waals surface area contributed by atoms with Gasteiger partial charge in [-0.25, -0.2) is 0 Å². The lowest BCUT2D eigenvalue weighted by atomic mass is 9.89. The van der Waals surface area contributed by atoms with Crippen molar-refractivity contribution in [3.8, 4) is 22.3 Å². The normalized spacial score (nSPS) is 11.8. The molecule has 0 saturated carbocycles. The molecule has 0 radical (unpaired) electrons. The largest absolute Gasteiger partial charge is 0.135 e. The number of fused-ring (bicyclic) bond motifs is 9. The Bertz CT molecular complexity index is 2110. The van der Waals surface area contributed by atoms with Crippen LogP contribution in [0.15, 0.2) is 133 Å². The molecule has 8 aromatic rings. The molecule has 0 aliphatic carbocycles. The number of rotatable bonds is 2. The van der Waals surface area contributed by atoms with Crippen LogP contribution in [0.3, 0.4) is 0 Å². The molecule has 1 heterocycles. The van der Waals surface area contributed by atoms with Crippen molar-refractivity contribution in [3.63, 3.8) is 0 Å². The van der Waals surface area contributed by atoms with Gasteiger partial charge in [0.05, 0.1) is 0 Å². The Morgan fingerprint density at radius 1 is 0.324 bits per heavy atom. The summed E-state index contributed by atoms with van der Waals surface area (Å²) in [4.78, 5) is 0. The molecule has 0 amide bonds. The molecule has 8 rings (SSSR count). The average Bonchev–Trinajstić information content (AvgIpc) is 3.36. The highest BCUT2D eigenvalue weighted by atomic mass is 32.1. The van der Waals surface area contributed by atoms with Crippen LogP contribution in [0.2, 0.25) is 0 Å². The fourth-order valence-corrected chi connectivity index (χ4v) is 7.18. The molecule has 172 valence electrons. The van der Waals surface area contributed by atoms with Gasteiger partial charge in [0.15, 0.2) is 0 Å². The number of benzene rings is 7. The smallest absolute Gasteiger partial charge is 0.0361 e. The zero-order valence-corrected chi connectivity index (χ0v) is 20.9. The van der Waals surface area contributed by atoms with Crippen molar-refractivity contribution in [2.45, 2.75) is 0 Å². The standard InChI is InChI=1S/C36H22S/c1-2-11-25(31-17-9-19-35-36(31)32-16-7-8-18-34(32)37-35)24(10-1)23-20-21-30-28-14-4-3-12-26(28)27-13-5-6-15-29(27)33(30)22-23/h1-22H. The lowest BCUT2D eigenvalue weighted by Crippen LogP contribution is -1.88. The van der Waals surface area contributed by atoms with E-state index in [-0.39, 0.29) is 0 Å². The summed E-state index contributed by atoms with van der Waals surface area (Å²) in [6, 6.07) is 49.0. The molecular weight excluding hydrogens is 464 g/mol. The maximum absolute atomic E-state index is 2.40. The second-order valence-corrected chi connectivity index (χ2v) is 10.8. The molecule has 0 nitrogen and oxygen atoms in total. The van der Waals surface area contributed by atoms with Gasteiger partial charge in [-0.05, 0) is 72.8 Å². The third-order valence-corrected chi connectivity index (χ3v) is 8.81. The molecule has 0 aliphatic heterocycles. The van der Waals surface area contributed by atoms with Crippen molar-refractivity contribution in [2.75, 3.05) is 0 Å². The highest BCUT2D eigenvalue weighted by molar-refractivity contribution is 7.25. The zero-order valence-electron chi connectivity index (χ0n) is 20.1. The molecule has 0 atom stereocenters. The molecule has 7 aromatic carbocycles. The Kier molecular flexibility index (Phi) is 4.49. The third kappa shape index (κ3) is 3.08. The van der Waals surface area contributed by atoms with Crippen molar-refractivity contribution >= 4 is 63.8 Å². The van der Waals surface area contributed by atoms with Crippen LogP contribution in [0, 0.1) is 0 Å². The van der Waals surface area contributed by atoms with Crippen LogP contribution in [-0.4, -0.2) is 0 Å². The summed E-state index contributed by atoms with van der Waals surface area (Å²) in [6.45, 7) is 0. The van der Waals surface area contributed by atoms with Crippen LogP contribution in [0.1, 0.15) is 0 Å². The van der Waals surface area contributed by atoms with Crippen molar-refractivity contribution in [2.24, 2.45) is 0 Å². The van der Waals surface area contributed by atoms with Crippen molar-refractivity contribution in [1.29, 1.82) is 0 Å². The molecule has 1 heteroatoms. The Labute approximate surface area is 219 Å². The SMILES string of the molecule is c1ccc(-c2cccc3sc4ccccc4c23)c(-c2ccc3c4ccccc4c4ccccc4c3c2)c1. The summed E-state index contributed by atoms with van der Waals surface area (Å²) in [5, 5.41) is 10.5. The van der Waals surface area contributed by atoms with E-state index in [1.54, 1.807) is 0 Å². The van der Waals surface area contributed by atoms with Crippen molar-refractivity contribution < 1.29 is 0 Å². The Balaban J connectivity index is 1.43. The van der Waals surface area contributed by atoms with Crippen LogP contribution in [0.5, 0.6) is 0 Å². The average molecular weight is 487 g/mol. The van der Waals surface area contributed by atoms with E-state index in [1.165, 1.54) is 74.7 Å². The molecule has 0 spiro atoms. The van der Waals surface area contributed by atoms with Crippen molar-refractivity contribution in [3.05, 3.63) is 133 Å². The van der Waals surface area contributed by atoms with Gasteiger partial charge in [-0.1, -0.05) is 115 Å². The van der Waals surface area contributed by atoms with Gasteiger partial charge in [-0.2, -0.15) is 0 Å². The van der Waals surface area contributed by atoms with Gasteiger partial charge in [-0.3, -0.25) is 0 Å². The summed E-state index contributed by atoms with van der Waals surface area (Å²) in [5.74, 6) is 0. The summed E-state index contributed by atoms with van der Waals surface area (Å²) in [5.41, 5.74) is 5.10. The van der Waals surface area contributed by atoms with E-state index in [2.05, 4.69) is 133 Å². The van der Waals surface area contributed by atoms with Crippen molar-refractivity contribution in [1.82, 2.24) is 0 Å². The summed E-state index contributed by atoms with van der Waals surface area (Å²) in [7, 11) is 0. The van der Waals surface area contributed by atoms with Gasteiger partial charge in [0.2, 0.25) is 0 Å². The highest BCUT2D eigenvalue weighted by Gasteiger charge is 2.15. The fraction of sp³-hybridized carbons (Fsp3) is 0. The molecule has 37 heavy (non-hydrogen) atoms. The molecule has 0 unspecified atom stereocenters. The molecule has 0 bridgehead atoms. The molecule has 0 aliphatic rings. The minimum absolute atomic E-state index is 1.25. The van der Waals surface area contributed by atoms with Crippen LogP contribution in [0.25, 0.3) is 74.7 Å². The van der Waals surface area contributed by atoms with E-state index < -0.39 is 0 Å². The lowest BCUT2D eigenvalue weighted by Gasteiger charge is -2.15. The first-order chi connectivity index (χ1) is 18.4. The maximum atomic E-state index is 2.40. The molecule has 0 saturated heterocycles. The first-order valence-corrected chi connectivity index (χ1v) is 13.5.